The highest BCUT2D eigenvalue weighted by Gasteiger charge is 2.18. The molecule has 1 amide bonds. The minimum Gasteiger partial charge on any atom is -0.321 e. The zero-order chi connectivity index (χ0) is 12.3. The molecule has 2 N–H and O–H groups in total. The number of nitrogens with zero attached hydrogens (tertiary/aromatic N) is 1. The number of amides is 1. The molecule has 1 aliphatic rings. The van der Waals surface area contributed by atoms with Gasteiger partial charge in [-0.05, 0) is 31.5 Å². The molecule has 17 heavy (non-hydrogen) atoms. The van der Waals surface area contributed by atoms with Crippen LogP contribution in [0.25, 0.3) is 0 Å². The normalized spacial score (nSPS) is 19.2. The van der Waals surface area contributed by atoms with Crippen LogP contribution in [0.2, 0.25) is 0 Å². The van der Waals surface area contributed by atoms with Gasteiger partial charge in [-0.25, -0.2) is 0 Å². The summed E-state index contributed by atoms with van der Waals surface area (Å²) in [5, 5.41) is 5.92. The molecule has 2 heterocycles. The van der Waals surface area contributed by atoms with Crippen LogP contribution in [0.4, 0.5) is 5.69 Å². The third-order valence-corrected chi connectivity index (χ3v) is 2.99. The third-order valence-electron chi connectivity index (χ3n) is 2.99. The Bertz CT molecular complexity index is 461. The molecule has 0 bridgehead atoms. The molecule has 0 saturated carbocycles. The summed E-state index contributed by atoms with van der Waals surface area (Å²) >= 11 is 0. The van der Waals surface area contributed by atoms with Crippen LogP contribution in [0.5, 0.6) is 0 Å². The summed E-state index contributed by atoms with van der Waals surface area (Å²) < 4.78 is 1.45. The summed E-state index contributed by atoms with van der Waals surface area (Å²) in [4.78, 5) is 23.4. The standard InChI is InChI=1S/C12H17N3O2/c1-15-7-3-5-10(12(15)17)14-11(16)8-9-4-2-6-13-9/h3,5,7,9,13H,2,4,6,8H2,1H3,(H,14,16). The first-order valence-electron chi connectivity index (χ1n) is 5.85. The molecule has 1 aliphatic heterocycles. The second-order valence-corrected chi connectivity index (χ2v) is 4.38. The van der Waals surface area contributed by atoms with Crippen molar-refractivity contribution in [2.75, 3.05) is 11.9 Å². The number of nitrogens with one attached hydrogen (secondary N) is 2. The number of anilines is 1. The molecule has 1 aromatic rings. The molecule has 5 nitrogen and oxygen atoms in total. The van der Waals surface area contributed by atoms with Crippen molar-refractivity contribution in [3.63, 3.8) is 0 Å². The monoisotopic (exact) mass is 235 g/mol. The first-order chi connectivity index (χ1) is 8.16. The Morgan fingerprint density at radius 2 is 2.47 bits per heavy atom. The van der Waals surface area contributed by atoms with Crippen molar-refractivity contribution in [2.45, 2.75) is 25.3 Å². The van der Waals surface area contributed by atoms with Gasteiger partial charge < -0.3 is 15.2 Å². The van der Waals surface area contributed by atoms with Gasteiger partial charge in [0, 0.05) is 25.7 Å². The molecule has 1 fully saturated rings. The zero-order valence-electron chi connectivity index (χ0n) is 9.90. The van der Waals surface area contributed by atoms with Crippen LogP contribution in [-0.2, 0) is 11.8 Å². The first-order valence-corrected chi connectivity index (χ1v) is 5.85. The van der Waals surface area contributed by atoms with Gasteiger partial charge in [-0.1, -0.05) is 0 Å². The molecule has 0 aromatic carbocycles. The Morgan fingerprint density at radius 1 is 1.65 bits per heavy atom. The molecule has 5 heteroatoms. The summed E-state index contributed by atoms with van der Waals surface area (Å²) in [5.74, 6) is -0.104. The van der Waals surface area contributed by atoms with E-state index in [1.165, 1.54) is 4.57 Å². The van der Waals surface area contributed by atoms with Crippen molar-refractivity contribution in [3.8, 4) is 0 Å². The van der Waals surface area contributed by atoms with E-state index in [-0.39, 0.29) is 17.5 Å². The maximum absolute atomic E-state index is 11.7. The predicted octanol–water partition coefficient (Wildman–Crippen LogP) is 0.466. The molecule has 0 aliphatic carbocycles. The molecule has 0 spiro atoms. The molecular weight excluding hydrogens is 218 g/mol. The summed E-state index contributed by atoms with van der Waals surface area (Å²) in [6, 6.07) is 3.62. The molecule has 92 valence electrons. The number of hydrogen-bond acceptors (Lipinski definition) is 3. The molecule has 1 atom stereocenters. The largest absolute Gasteiger partial charge is 0.321 e. The smallest absolute Gasteiger partial charge is 0.274 e. The van der Waals surface area contributed by atoms with Crippen molar-refractivity contribution in [1.29, 1.82) is 0 Å². The summed E-state index contributed by atoms with van der Waals surface area (Å²) in [6.07, 6.45) is 4.24. The van der Waals surface area contributed by atoms with E-state index >= 15 is 0 Å². The first kappa shape index (κ1) is 11.9. The van der Waals surface area contributed by atoms with E-state index in [9.17, 15) is 9.59 Å². The second kappa shape index (κ2) is 5.14. The summed E-state index contributed by atoms with van der Waals surface area (Å²) in [5.41, 5.74) is 0.165. The number of hydrogen-bond donors (Lipinski definition) is 2. The van der Waals surface area contributed by atoms with Gasteiger partial charge in [0.05, 0.1) is 0 Å². The van der Waals surface area contributed by atoms with E-state index in [2.05, 4.69) is 10.6 Å². The number of carbonyl (C=O) groups excluding carboxylic acids is 1. The SMILES string of the molecule is Cn1cccc(NC(=O)CC2CCCN2)c1=O. The highest BCUT2D eigenvalue weighted by molar-refractivity contribution is 5.90. The van der Waals surface area contributed by atoms with E-state index in [1.807, 2.05) is 0 Å². The lowest BCUT2D eigenvalue weighted by molar-refractivity contribution is -0.116. The average molecular weight is 235 g/mol. The van der Waals surface area contributed by atoms with E-state index in [0.29, 0.717) is 12.1 Å². The van der Waals surface area contributed by atoms with Crippen molar-refractivity contribution in [3.05, 3.63) is 28.7 Å². The Balaban J connectivity index is 1.98. The zero-order valence-corrected chi connectivity index (χ0v) is 9.90. The number of pyridine rings is 1. The Labute approximate surface area is 99.8 Å². The highest BCUT2D eigenvalue weighted by Crippen LogP contribution is 2.09. The van der Waals surface area contributed by atoms with E-state index in [4.69, 9.17) is 0 Å². The van der Waals surface area contributed by atoms with E-state index in [0.717, 1.165) is 19.4 Å². The van der Waals surface area contributed by atoms with Crippen molar-refractivity contribution in [2.24, 2.45) is 7.05 Å². The minimum atomic E-state index is -0.180. The lowest BCUT2D eigenvalue weighted by Crippen LogP contribution is -2.29. The molecule has 1 saturated heterocycles. The van der Waals surface area contributed by atoms with Crippen LogP contribution in [0.3, 0.4) is 0 Å². The fourth-order valence-corrected chi connectivity index (χ4v) is 2.05. The maximum atomic E-state index is 11.7. The van der Waals surface area contributed by atoms with Gasteiger partial charge in [-0.15, -0.1) is 0 Å². The van der Waals surface area contributed by atoms with E-state index < -0.39 is 0 Å². The molecular formula is C12H17N3O2. The minimum absolute atomic E-state index is 0.104. The molecule has 1 unspecified atom stereocenters. The van der Waals surface area contributed by atoms with Crippen LogP contribution >= 0.6 is 0 Å². The molecule has 0 radical (unpaired) electrons. The predicted molar refractivity (Wildman–Crippen MR) is 66.0 cm³/mol. The second-order valence-electron chi connectivity index (χ2n) is 4.38. The Hall–Kier alpha value is -1.62. The van der Waals surface area contributed by atoms with Gasteiger partial charge in [-0.2, -0.15) is 0 Å². The summed E-state index contributed by atoms with van der Waals surface area (Å²) in [7, 11) is 1.66. The number of carbonyl (C=O) groups is 1. The van der Waals surface area contributed by atoms with Crippen LogP contribution in [0.1, 0.15) is 19.3 Å². The molecule has 1 aromatic heterocycles. The molecule has 2 rings (SSSR count). The van der Waals surface area contributed by atoms with Gasteiger partial charge in [0.2, 0.25) is 5.91 Å². The lowest BCUT2D eigenvalue weighted by Gasteiger charge is -2.10. The third kappa shape index (κ3) is 2.94. The highest BCUT2D eigenvalue weighted by atomic mass is 16.2. The topological polar surface area (TPSA) is 63.1 Å². The van der Waals surface area contributed by atoms with Crippen molar-refractivity contribution in [1.82, 2.24) is 9.88 Å². The maximum Gasteiger partial charge on any atom is 0.274 e. The lowest BCUT2D eigenvalue weighted by atomic mass is 10.1. The summed E-state index contributed by atoms with van der Waals surface area (Å²) in [6.45, 7) is 0.977. The number of rotatable bonds is 3. The Morgan fingerprint density at radius 3 is 3.18 bits per heavy atom. The van der Waals surface area contributed by atoms with Crippen molar-refractivity contribution >= 4 is 11.6 Å². The van der Waals surface area contributed by atoms with Gasteiger partial charge in [-0.3, -0.25) is 9.59 Å². The van der Waals surface area contributed by atoms with Gasteiger partial charge in [0.15, 0.2) is 0 Å². The van der Waals surface area contributed by atoms with Gasteiger partial charge >= 0.3 is 0 Å². The average Bonchev–Trinajstić information content (AvgIpc) is 2.77. The van der Waals surface area contributed by atoms with Crippen LogP contribution < -0.4 is 16.2 Å². The van der Waals surface area contributed by atoms with Crippen molar-refractivity contribution < 1.29 is 4.79 Å². The van der Waals surface area contributed by atoms with Gasteiger partial charge in [0.1, 0.15) is 5.69 Å². The van der Waals surface area contributed by atoms with Gasteiger partial charge in [0.25, 0.3) is 5.56 Å². The Kier molecular flexibility index (Phi) is 3.58. The van der Waals surface area contributed by atoms with Crippen LogP contribution in [0.15, 0.2) is 23.1 Å². The fraction of sp³-hybridized carbons (Fsp3) is 0.500. The van der Waals surface area contributed by atoms with Crippen LogP contribution in [0, 0.1) is 0 Å². The quantitative estimate of drug-likeness (QED) is 0.800. The van der Waals surface area contributed by atoms with Crippen LogP contribution in [-0.4, -0.2) is 23.1 Å². The van der Waals surface area contributed by atoms with E-state index in [1.54, 1.807) is 25.4 Å². The number of aryl methyl sites for hydroxylation is 1. The number of aromatic nitrogens is 1. The fourth-order valence-electron chi connectivity index (χ4n) is 2.05.